The molecule has 1 saturated carbocycles. The Hall–Kier alpha value is -1.12. The van der Waals surface area contributed by atoms with Crippen molar-refractivity contribution in [3.8, 4) is 6.07 Å². The molecular formula is C18H30N2O3. The molecule has 1 amide bonds. The Kier molecular flexibility index (Phi) is 6.43. The van der Waals surface area contributed by atoms with Gasteiger partial charge >= 0.3 is 0 Å². The molecule has 1 atom stereocenters. The van der Waals surface area contributed by atoms with Crippen LogP contribution in [0.5, 0.6) is 0 Å². The van der Waals surface area contributed by atoms with Crippen molar-refractivity contribution in [2.75, 3.05) is 19.8 Å². The number of nitrogens with zero attached hydrogens (tertiary/aromatic N) is 1. The van der Waals surface area contributed by atoms with E-state index in [-0.39, 0.29) is 17.6 Å². The van der Waals surface area contributed by atoms with Crippen molar-refractivity contribution in [2.45, 2.75) is 71.5 Å². The van der Waals surface area contributed by atoms with Crippen molar-refractivity contribution >= 4 is 5.91 Å². The molecule has 0 spiro atoms. The number of ether oxygens (including phenoxy) is 2. The first-order chi connectivity index (χ1) is 11.1. The molecular weight excluding hydrogens is 292 g/mol. The van der Waals surface area contributed by atoms with E-state index in [4.69, 9.17) is 9.47 Å². The van der Waals surface area contributed by atoms with E-state index < -0.39 is 5.41 Å². The third kappa shape index (κ3) is 4.24. The summed E-state index contributed by atoms with van der Waals surface area (Å²) in [6, 6.07) is 2.28. The topological polar surface area (TPSA) is 71.4 Å². The Balaban J connectivity index is 1.77. The van der Waals surface area contributed by atoms with Crippen molar-refractivity contribution in [1.29, 1.82) is 5.26 Å². The van der Waals surface area contributed by atoms with Crippen LogP contribution in [0.4, 0.5) is 0 Å². The predicted octanol–water partition coefficient (Wildman–Crippen LogP) is 3.15. The number of carbonyl (C=O) groups is 1. The zero-order valence-corrected chi connectivity index (χ0v) is 14.5. The van der Waals surface area contributed by atoms with Gasteiger partial charge in [0.25, 0.3) is 0 Å². The van der Waals surface area contributed by atoms with E-state index in [1.165, 1.54) is 0 Å². The van der Waals surface area contributed by atoms with Gasteiger partial charge in [0.1, 0.15) is 5.41 Å². The van der Waals surface area contributed by atoms with Crippen molar-refractivity contribution < 1.29 is 14.3 Å². The first kappa shape index (κ1) is 18.2. The molecule has 5 nitrogen and oxygen atoms in total. The Morgan fingerprint density at radius 1 is 1.30 bits per heavy atom. The molecule has 5 heteroatoms. The van der Waals surface area contributed by atoms with Gasteiger partial charge in [-0.25, -0.2) is 0 Å². The Morgan fingerprint density at radius 2 is 1.96 bits per heavy atom. The minimum atomic E-state index is -0.788. The summed E-state index contributed by atoms with van der Waals surface area (Å²) in [6.07, 6.45) is 7.15. The van der Waals surface area contributed by atoms with Crippen LogP contribution in [0.3, 0.4) is 0 Å². The van der Waals surface area contributed by atoms with Crippen LogP contribution in [-0.2, 0) is 14.3 Å². The molecule has 23 heavy (non-hydrogen) atoms. The number of nitriles is 1. The lowest BCUT2D eigenvalue weighted by Gasteiger charge is -2.33. The number of carbonyl (C=O) groups excluding carboxylic acids is 1. The summed E-state index contributed by atoms with van der Waals surface area (Å²) >= 11 is 0. The minimum Gasteiger partial charge on any atom is -0.355 e. The highest BCUT2D eigenvalue weighted by Crippen LogP contribution is 2.37. The Labute approximate surface area is 139 Å². The van der Waals surface area contributed by atoms with E-state index in [1.807, 2.05) is 0 Å². The molecule has 1 aliphatic heterocycles. The highest BCUT2D eigenvalue weighted by molar-refractivity contribution is 5.85. The number of nitrogens with one attached hydrogen (secondary N) is 1. The van der Waals surface area contributed by atoms with E-state index in [0.717, 1.165) is 38.5 Å². The van der Waals surface area contributed by atoms with Crippen LogP contribution < -0.4 is 5.32 Å². The first-order valence-corrected chi connectivity index (χ1v) is 8.99. The second-order valence-corrected chi connectivity index (χ2v) is 7.20. The summed E-state index contributed by atoms with van der Waals surface area (Å²) in [4.78, 5) is 12.4. The molecule has 1 aliphatic carbocycles. The van der Waals surface area contributed by atoms with Crippen LogP contribution in [0.15, 0.2) is 0 Å². The maximum Gasteiger partial charge on any atom is 0.240 e. The standard InChI is InChI=1S/C18H30N2O3/c1-3-17(2,16-22-12-13-23-16)8-7-11-20-15(21)18(14-19)9-5-4-6-10-18/h16H,3-13H2,1-2H3,(H,20,21)/t17-/m1/s1. The molecule has 1 N–H and O–H groups in total. The van der Waals surface area contributed by atoms with Gasteiger partial charge in [-0.1, -0.05) is 33.1 Å². The molecule has 2 rings (SSSR count). The summed E-state index contributed by atoms with van der Waals surface area (Å²) in [5.41, 5.74) is -0.803. The van der Waals surface area contributed by atoms with Crippen molar-refractivity contribution in [2.24, 2.45) is 10.8 Å². The van der Waals surface area contributed by atoms with Crippen LogP contribution in [-0.4, -0.2) is 32.0 Å². The summed E-state index contributed by atoms with van der Waals surface area (Å²) in [5.74, 6) is -0.0775. The average Bonchev–Trinajstić information content (AvgIpc) is 3.14. The number of hydrogen-bond acceptors (Lipinski definition) is 4. The number of rotatable bonds is 7. The third-order valence-corrected chi connectivity index (χ3v) is 5.56. The van der Waals surface area contributed by atoms with Gasteiger partial charge in [-0.05, 0) is 32.1 Å². The normalized spacial score (nSPS) is 23.9. The van der Waals surface area contributed by atoms with E-state index in [1.54, 1.807) is 0 Å². The van der Waals surface area contributed by atoms with E-state index in [2.05, 4.69) is 25.2 Å². The van der Waals surface area contributed by atoms with Crippen LogP contribution in [0.25, 0.3) is 0 Å². The molecule has 2 fully saturated rings. The van der Waals surface area contributed by atoms with Gasteiger partial charge in [-0.2, -0.15) is 5.26 Å². The van der Waals surface area contributed by atoms with Gasteiger partial charge in [0.2, 0.25) is 5.91 Å². The van der Waals surface area contributed by atoms with Crippen molar-refractivity contribution in [1.82, 2.24) is 5.32 Å². The van der Waals surface area contributed by atoms with Crippen LogP contribution in [0.1, 0.15) is 65.2 Å². The summed E-state index contributed by atoms with van der Waals surface area (Å²) in [7, 11) is 0. The van der Waals surface area contributed by atoms with Gasteiger partial charge in [-0.3, -0.25) is 4.79 Å². The van der Waals surface area contributed by atoms with E-state index >= 15 is 0 Å². The monoisotopic (exact) mass is 322 g/mol. The summed E-state index contributed by atoms with van der Waals surface area (Å²) in [5, 5.41) is 12.4. The molecule has 0 bridgehead atoms. The largest absolute Gasteiger partial charge is 0.355 e. The fourth-order valence-electron chi connectivity index (χ4n) is 3.63. The second kappa shape index (κ2) is 8.12. The fraction of sp³-hybridized carbons (Fsp3) is 0.889. The molecule has 1 saturated heterocycles. The first-order valence-electron chi connectivity index (χ1n) is 8.99. The molecule has 0 aromatic heterocycles. The summed E-state index contributed by atoms with van der Waals surface area (Å²) < 4.78 is 11.3. The van der Waals surface area contributed by atoms with Crippen molar-refractivity contribution in [3.63, 3.8) is 0 Å². The second-order valence-electron chi connectivity index (χ2n) is 7.20. The van der Waals surface area contributed by atoms with Crippen LogP contribution >= 0.6 is 0 Å². The minimum absolute atomic E-state index is 0.0149. The van der Waals surface area contributed by atoms with Gasteiger partial charge < -0.3 is 14.8 Å². The fourth-order valence-corrected chi connectivity index (χ4v) is 3.63. The Morgan fingerprint density at radius 3 is 2.52 bits per heavy atom. The number of amides is 1. The zero-order valence-electron chi connectivity index (χ0n) is 14.5. The molecule has 0 aromatic carbocycles. The van der Waals surface area contributed by atoms with E-state index in [9.17, 15) is 10.1 Å². The van der Waals surface area contributed by atoms with Crippen LogP contribution in [0, 0.1) is 22.2 Å². The lowest BCUT2D eigenvalue weighted by atomic mass is 9.74. The highest BCUT2D eigenvalue weighted by atomic mass is 16.7. The quantitative estimate of drug-likeness (QED) is 0.731. The average molecular weight is 322 g/mol. The van der Waals surface area contributed by atoms with Gasteiger partial charge in [0.15, 0.2) is 6.29 Å². The number of hydrogen-bond donors (Lipinski definition) is 1. The van der Waals surface area contributed by atoms with Crippen LogP contribution in [0.2, 0.25) is 0 Å². The zero-order chi connectivity index (χ0) is 16.8. The van der Waals surface area contributed by atoms with Crippen molar-refractivity contribution in [3.05, 3.63) is 0 Å². The third-order valence-electron chi connectivity index (χ3n) is 5.56. The Bertz CT molecular complexity index is 434. The summed E-state index contributed by atoms with van der Waals surface area (Å²) in [6.45, 7) is 6.28. The molecule has 2 aliphatic rings. The smallest absolute Gasteiger partial charge is 0.240 e. The van der Waals surface area contributed by atoms with E-state index in [0.29, 0.717) is 32.6 Å². The maximum absolute atomic E-state index is 12.4. The molecule has 130 valence electrons. The molecule has 0 radical (unpaired) electrons. The lowest BCUT2D eigenvalue weighted by Crippen LogP contribution is -2.42. The van der Waals surface area contributed by atoms with Gasteiger partial charge in [-0.15, -0.1) is 0 Å². The molecule has 0 aromatic rings. The molecule has 1 heterocycles. The molecule has 0 unspecified atom stereocenters. The highest BCUT2D eigenvalue weighted by Gasteiger charge is 2.40. The van der Waals surface area contributed by atoms with Gasteiger partial charge in [0, 0.05) is 12.0 Å². The van der Waals surface area contributed by atoms with Gasteiger partial charge in [0.05, 0.1) is 19.3 Å². The lowest BCUT2D eigenvalue weighted by molar-refractivity contribution is -0.132. The predicted molar refractivity (Wildman–Crippen MR) is 87.5 cm³/mol. The SMILES string of the molecule is CC[C@](C)(CCCNC(=O)C1(C#N)CCCCC1)C1OCCO1. The maximum atomic E-state index is 12.4.